The normalized spacial score (nSPS) is 10.4. The molecule has 0 saturated heterocycles. The molecule has 2 heterocycles. The fourth-order valence-electron chi connectivity index (χ4n) is 3.51. The summed E-state index contributed by atoms with van der Waals surface area (Å²) < 4.78 is 27.4. The molecule has 0 unspecified atom stereocenters. The number of halogens is 3. The van der Waals surface area contributed by atoms with Crippen molar-refractivity contribution in [2.24, 2.45) is 0 Å². The second-order valence-corrected chi connectivity index (χ2v) is 8.40. The quantitative estimate of drug-likeness (QED) is 0.238. The Hall–Kier alpha value is -4.10. The van der Waals surface area contributed by atoms with Gasteiger partial charge in [0, 0.05) is 33.3 Å². The van der Waals surface area contributed by atoms with E-state index in [1.165, 1.54) is 12.1 Å². The molecular weight excluding hydrogens is 510 g/mol. The van der Waals surface area contributed by atoms with Gasteiger partial charge in [-0.25, -0.2) is 9.97 Å². The highest BCUT2D eigenvalue weighted by Crippen LogP contribution is 2.33. The molecule has 0 aliphatic heterocycles. The van der Waals surface area contributed by atoms with Crippen LogP contribution in [0.2, 0.25) is 0 Å². The lowest BCUT2D eigenvalue weighted by molar-refractivity contribution is 0.584. The first-order chi connectivity index (χ1) is 16.9. The highest BCUT2D eigenvalue weighted by atomic mass is 79.9. The zero-order valence-corrected chi connectivity index (χ0v) is 20.1. The smallest absolute Gasteiger partial charge is 0.214 e. The van der Waals surface area contributed by atoms with E-state index in [-0.39, 0.29) is 0 Å². The van der Waals surface area contributed by atoms with Gasteiger partial charge in [0.05, 0.1) is 22.8 Å². The summed E-state index contributed by atoms with van der Waals surface area (Å²) in [5.41, 5.74) is 17.0. The number of benzene rings is 3. The topological polar surface area (TPSA) is 77.8 Å². The van der Waals surface area contributed by atoms with E-state index in [1.807, 2.05) is 91.0 Å². The van der Waals surface area contributed by atoms with Gasteiger partial charge in [-0.3, -0.25) is 0 Å². The predicted octanol–water partition coefficient (Wildman–Crippen LogP) is 7.37. The average molecular weight is 531 g/mol. The maximum absolute atomic E-state index is 13.8. The monoisotopic (exact) mass is 530 g/mol. The first kappa shape index (κ1) is 24.0. The minimum Gasteiger partial charge on any atom is -0.396 e. The molecule has 7 heteroatoms. The Morgan fingerprint density at radius 2 is 0.943 bits per heavy atom. The molecular formula is C28H21BrF2N4. The van der Waals surface area contributed by atoms with Gasteiger partial charge in [-0.15, -0.1) is 0 Å². The second kappa shape index (κ2) is 10.9. The van der Waals surface area contributed by atoms with Crippen molar-refractivity contribution < 1.29 is 8.78 Å². The summed E-state index contributed by atoms with van der Waals surface area (Å²) in [6.07, 6.45) is 0. The van der Waals surface area contributed by atoms with Gasteiger partial charge in [-0.2, -0.15) is 8.78 Å². The maximum Gasteiger partial charge on any atom is 0.214 e. The van der Waals surface area contributed by atoms with Gasteiger partial charge in [0.25, 0.3) is 0 Å². The van der Waals surface area contributed by atoms with Crippen molar-refractivity contribution in [3.05, 3.63) is 119 Å². The van der Waals surface area contributed by atoms with Crippen LogP contribution < -0.4 is 11.5 Å². The number of anilines is 2. The summed E-state index contributed by atoms with van der Waals surface area (Å²) in [7, 11) is 0. The minimum atomic E-state index is -0.546. The van der Waals surface area contributed by atoms with Crippen LogP contribution >= 0.6 is 15.9 Å². The molecule has 0 fully saturated rings. The van der Waals surface area contributed by atoms with E-state index in [1.54, 1.807) is 0 Å². The highest BCUT2D eigenvalue weighted by Gasteiger charge is 2.13. The zero-order chi connectivity index (χ0) is 24.8. The molecule has 5 rings (SSSR count). The van der Waals surface area contributed by atoms with E-state index in [0.29, 0.717) is 32.8 Å². The van der Waals surface area contributed by atoms with Crippen molar-refractivity contribution in [2.75, 3.05) is 11.5 Å². The van der Waals surface area contributed by atoms with Gasteiger partial charge in [-0.1, -0.05) is 91.0 Å². The third kappa shape index (κ3) is 5.70. The largest absolute Gasteiger partial charge is 0.396 e. The van der Waals surface area contributed by atoms with Crippen molar-refractivity contribution in [1.82, 2.24) is 9.97 Å². The molecule has 0 saturated carbocycles. The molecule has 5 aromatic rings. The van der Waals surface area contributed by atoms with Crippen LogP contribution in [0.15, 0.2) is 108 Å². The second-order valence-electron chi connectivity index (χ2n) is 7.54. The molecule has 4 nitrogen and oxygen atoms in total. The molecule has 0 aliphatic rings. The van der Waals surface area contributed by atoms with Crippen LogP contribution in [0.25, 0.3) is 33.6 Å². The lowest BCUT2D eigenvalue weighted by Gasteiger charge is -2.11. The summed E-state index contributed by atoms with van der Waals surface area (Å²) in [4.78, 5) is 7.72. The van der Waals surface area contributed by atoms with Crippen molar-refractivity contribution in [2.45, 2.75) is 0 Å². The van der Waals surface area contributed by atoms with E-state index in [2.05, 4.69) is 25.9 Å². The Bertz CT molecular complexity index is 1370. The van der Waals surface area contributed by atoms with Crippen LogP contribution in [0.3, 0.4) is 0 Å². The van der Waals surface area contributed by atoms with Gasteiger partial charge in [-0.05, 0) is 21.5 Å². The van der Waals surface area contributed by atoms with Crippen LogP contribution in [0, 0.1) is 11.9 Å². The number of rotatable bonds is 3. The Balaban J connectivity index is 0.000000172. The van der Waals surface area contributed by atoms with Crippen molar-refractivity contribution in [1.29, 1.82) is 0 Å². The molecule has 0 spiro atoms. The van der Waals surface area contributed by atoms with Crippen molar-refractivity contribution in [3.8, 4) is 33.6 Å². The van der Waals surface area contributed by atoms with E-state index < -0.39 is 11.9 Å². The van der Waals surface area contributed by atoms with E-state index in [9.17, 15) is 8.78 Å². The number of nitrogens with zero attached hydrogens (tertiary/aromatic N) is 2. The fraction of sp³-hybridized carbons (Fsp3) is 0. The van der Waals surface area contributed by atoms with Gasteiger partial charge in [0.1, 0.15) is 0 Å². The Kier molecular flexibility index (Phi) is 7.48. The Morgan fingerprint density at radius 1 is 0.543 bits per heavy atom. The zero-order valence-electron chi connectivity index (χ0n) is 18.5. The third-order valence-corrected chi connectivity index (χ3v) is 5.84. The lowest BCUT2D eigenvalue weighted by atomic mass is 10.0. The number of pyridine rings is 2. The first-order valence-corrected chi connectivity index (χ1v) is 11.5. The van der Waals surface area contributed by atoms with Crippen LogP contribution in [0.1, 0.15) is 0 Å². The molecule has 0 amide bonds. The number of hydrogen-bond acceptors (Lipinski definition) is 4. The summed E-state index contributed by atoms with van der Waals surface area (Å²) in [5, 5.41) is 0. The van der Waals surface area contributed by atoms with Crippen molar-refractivity contribution in [3.63, 3.8) is 0 Å². The maximum atomic E-state index is 13.8. The van der Waals surface area contributed by atoms with Gasteiger partial charge >= 0.3 is 0 Å². The molecule has 2 aromatic heterocycles. The molecule has 4 N–H and O–H groups in total. The summed E-state index contributed by atoms with van der Waals surface area (Å²) >= 11 is 3.19. The minimum absolute atomic E-state index is 0.447. The average Bonchev–Trinajstić information content (AvgIpc) is 2.89. The summed E-state index contributed by atoms with van der Waals surface area (Å²) in [6, 6.07) is 30.8. The van der Waals surface area contributed by atoms with Gasteiger partial charge in [0.2, 0.25) is 11.9 Å². The van der Waals surface area contributed by atoms with Crippen LogP contribution in [0.5, 0.6) is 0 Å². The van der Waals surface area contributed by atoms with Crippen molar-refractivity contribution >= 4 is 27.3 Å². The van der Waals surface area contributed by atoms with Gasteiger partial charge < -0.3 is 11.5 Å². The van der Waals surface area contributed by atoms with E-state index >= 15 is 0 Å². The van der Waals surface area contributed by atoms with Gasteiger partial charge in [0.15, 0.2) is 0 Å². The van der Waals surface area contributed by atoms with Crippen LogP contribution in [-0.4, -0.2) is 9.97 Å². The molecule has 0 atom stereocenters. The molecule has 0 bridgehead atoms. The SMILES string of the molecule is Nc1c(-c2ccccc2)cc(F)nc1-c1ccccc1.Nc1c(Br)cc(F)nc1-c1ccccc1. The standard InChI is InChI=1S/C17H13FN2.C11H8BrFN2/c18-15-11-14(12-7-3-1-4-8-12)16(19)17(20-15)13-9-5-2-6-10-13;12-8-6-9(13)15-11(10(8)14)7-4-2-1-3-5-7/h1-11H,19H2;1-6H,14H2. The lowest BCUT2D eigenvalue weighted by Crippen LogP contribution is -1.99. The van der Waals surface area contributed by atoms with E-state index in [0.717, 1.165) is 16.7 Å². The van der Waals surface area contributed by atoms with E-state index in [4.69, 9.17) is 11.5 Å². The fourth-order valence-corrected chi connectivity index (χ4v) is 3.88. The van der Waals surface area contributed by atoms with Crippen LogP contribution in [-0.2, 0) is 0 Å². The molecule has 35 heavy (non-hydrogen) atoms. The molecule has 0 aliphatic carbocycles. The van der Waals surface area contributed by atoms with Crippen LogP contribution in [0.4, 0.5) is 20.2 Å². The number of nitrogens with two attached hydrogens (primary N) is 2. The Labute approximate surface area is 210 Å². The number of aromatic nitrogens is 2. The molecule has 3 aromatic carbocycles. The third-order valence-electron chi connectivity index (χ3n) is 5.18. The highest BCUT2D eigenvalue weighted by molar-refractivity contribution is 9.10. The molecule has 0 radical (unpaired) electrons. The number of nitrogen functional groups attached to an aromatic ring is 2. The first-order valence-electron chi connectivity index (χ1n) is 10.7. The predicted molar refractivity (Wildman–Crippen MR) is 141 cm³/mol. The Morgan fingerprint density at radius 3 is 1.43 bits per heavy atom. The number of hydrogen-bond donors (Lipinski definition) is 2. The summed E-state index contributed by atoms with van der Waals surface area (Å²) in [5.74, 6) is -1.08. The molecule has 174 valence electrons. The summed E-state index contributed by atoms with van der Waals surface area (Å²) in [6.45, 7) is 0.